The van der Waals surface area contributed by atoms with Crippen molar-refractivity contribution in [1.29, 1.82) is 0 Å². The molecule has 1 aromatic heterocycles. The number of nitrogens with zero attached hydrogens (tertiary/aromatic N) is 5. The molecule has 0 unspecified atom stereocenters. The Morgan fingerprint density at radius 1 is 1.07 bits per heavy atom. The molecule has 0 aliphatic carbocycles. The molecule has 4 rings (SSSR count). The molecule has 0 saturated carbocycles. The fourth-order valence-electron chi connectivity index (χ4n) is 3.33. The molecule has 0 N–H and O–H groups in total. The Kier molecular flexibility index (Phi) is 6.03. The number of piperazine rings is 1. The summed E-state index contributed by atoms with van der Waals surface area (Å²) in [6.45, 7) is 1.93. The molecule has 0 spiro atoms. The van der Waals surface area contributed by atoms with Gasteiger partial charge < -0.3 is 0 Å². The predicted octanol–water partition coefficient (Wildman–Crippen LogP) is 3.16. The number of benzene rings is 2. The highest BCUT2D eigenvalue weighted by Crippen LogP contribution is 2.21. The molecule has 1 saturated heterocycles. The maximum absolute atomic E-state index is 14.0. The second kappa shape index (κ2) is 8.56. The molecular weight excluding hydrogens is 449 g/mol. The molecule has 7 nitrogen and oxygen atoms in total. The number of hydrogen-bond donors (Lipinski definition) is 0. The van der Waals surface area contributed by atoms with Crippen molar-refractivity contribution >= 4 is 33.8 Å². The summed E-state index contributed by atoms with van der Waals surface area (Å²) in [6, 6.07) is 12.7. The third kappa shape index (κ3) is 4.19. The fraction of sp³-hybridized carbons (Fsp3) is 0.263. The minimum Gasteiger partial charge on any atom is -0.282 e. The van der Waals surface area contributed by atoms with Crippen LogP contribution in [-0.4, -0.2) is 58.1 Å². The molecule has 3 aromatic rings. The normalized spacial score (nSPS) is 16.1. The molecule has 0 atom stereocenters. The summed E-state index contributed by atoms with van der Waals surface area (Å²) in [6.07, 6.45) is 1.63. The van der Waals surface area contributed by atoms with Gasteiger partial charge in [0.25, 0.3) is 0 Å². The van der Waals surface area contributed by atoms with Gasteiger partial charge in [0.2, 0.25) is 14.8 Å². The number of aromatic nitrogens is 3. The third-order valence-corrected chi connectivity index (χ3v) is 7.51. The van der Waals surface area contributed by atoms with E-state index >= 15 is 0 Å². The zero-order valence-electron chi connectivity index (χ0n) is 15.9. The third-order valence-electron chi connectivity index (χ3n) is 4.94. The fourth-order valence-corrected chi connectivity index (χ4v) is 5.26. The number of rotatable bonds is 5. The van der Waals surface area contributed by atoms with Crippen molar-refractivity contribution in [1.82, 2.24) is 23.6 Å². The van der Waals surface area contributed by atoms with Crippen LogP contribution >= 0.6 is 23.8 Å². The molecule has 2 heterocycles. The molecule has 1 aliphatic rings. The molecule has 30 heavy (non-hydrogen) atoms. The first-order chi connectivity index (χ1) is 14.4. The Hall–Kier alpha value is -2.11. The molecule has 158 valence electrons. The standard InChI is InChI=1S/C19H19ClFN5O2S2/c20-15-4-3-5-16(12-15)25-13-22-26(19(25)29)14-23-8-10-24(11-9-23)30(27,28)18-7-2-1-6-17(18)21/h1-7,12-13H,8-11,14H2. The number of halogens is 2. The van der Waals surface area contributed by atoms with E-state index in [-0.39, 0.29) is 18.0 Å². The summed E-state index contributed by atoms with van der Waals surface area (Å²) in [5.41, 5.74) is 0.819. The summed E-state index contributed by atoms with van der Waals surface area (Å²) in [5, 5.41) is 4.96. The highest BCUT2D eigenvalue weighted by atomic mass is 35.5. The largest absolute Gasteiger partial charge is 0.282 e. The summed E-state index contributed by atoms with van der Waals surface area (Å²) < 4.78 is 44.7. The maximum Gasteiger partial charge on any atom is 0.246 e. The maximum atomic E-state index is 14.0. The average molecular weight is 468 g/mol. The van der Waals surface area contributed by atoms with E-state index in [1.807, 2.05) is 12.1 Å². The summed E-state index contributed by atoms with van der Waals surface area (Å²) in [7, 11) is -3.86. The number of sulfonamides is 1. The van der Waals surface area contributed by atoms with Crippen LogP contribution in [0.2, 0.25) is 5.02 Å². The molecule has 0 amide bonds. The minimum atomic E-state index is -3.86. The van der Waals surface area contributed by atoms with Crippen molar-refractivity contribution in [2.75, 3.05) is 26.2 Å². The lowest BCUT2D eigenvalue weighted by Crippen LogP contribution is -2.49. The zero-order valence-corrected chi connectivity index (χ0v) is 18.2. The second-order valence-corrected chi connectivity index (χ2v) is 9.56. The molecule has 1 fully saturated rings. The summed E-state index contributed by atoms with van der Waals surface area (Å²) in [4.78, 5) is 1.76. The Morgan fingerprint density at radius 2 is 1.80 bits per heavy atom. The Bertz CT molecular complexity index is 1220. The first kappa shape index (κ1) is 21.1. The van der Waals surface area contributed by atoms with Gasteiger partial charge >= 0.3 is 0 Å². The average Bonchev–Trinajstić information content (AvgIpc) is 3.09. The van der Waals surface area contributed by atoms with Crippen molar-refractivity contribution in [2.24, 2.45) is 0 Å². The van der Waals surface area contributed by atoms with Crippen LogP contribution in [0.1, 0.15) is 0 Å². The van der Waals surface area contributed by atoms with Crippen LogP contribution in [-0.2, 0) is 16.7 Å². The van der Waals surface area contributed by atoms with Gasteiger partial charge in [-0.05, 0) is 42.5 Å². The van der Waals surface area contributed by atoms with Crippen molar-refractivity contribution < 1.29 is 12.8 Å². The van der Waals surface area contributed by atoms with Gasteiger partial charge in [0, 0.05) is 31.2 Å². The smallest absolute Gasteiger partial charge is 0.246 e. The SMILES string of the molecule is O=S(=O)(c1ccccc1F)N1CCN(Cn2ncn(-c3cccc(Cl)c3)c2=S)CC1. The van der Waals surface area contributed by atoms with Crippen LogP contribution in [0.5, 0.6) is 0 Å². The lowest BCUT2D eigenvalue weighted by atomic mass is 10.3. The molecular formula is C19H19ClFN5O2S2. The summed E-state index contributed by atoms with van der Waals surface area (Å²) in [5.74, 6) is -0.738. The van der Waals surface area contributed by atoms with Gasteiger partial charge in [-0.3, -0.25) is 9.47 Å². The monoisotopic (exact) mass is 467 g/mol. The van der Waals surface area contributed by atoms with Gasteiger partial charge in [0.15, 0.2) is 0 Å². The number of hydrogen-bond acceptors (Lipinski definition) is 5. The zero-order chi connectivity index (χ0) is 21.3. The molecule has 0 radical (unpaired) electrons. The topological polar surface area (TPSA) is 63.4 Å². The van der Waals surface area contributed by atoms with E-state index in [0.29, 0.717) is 29.6 Å². The van der Waals surface area contributed by atoms with E-state index in [2.05, 4.69) is 10.00 Å². The van der Waals surface area contributed by atoms with E-state index in [1.165, 1.54) is 22.5 Å². The predicted molar refractivity (Wildman–Crippen MR) is 114 cm³/mol. The lowest BCUT2D eigenvalue weighted by Gasteiger charge is -2.33. The van der Waals surface area contributed by atoms with Gasteiger partial charge in [-0.1, -0.05) is 29.8 Å². The Morgan fingerprint density at radius 3 is 2.50 bits per heavy atom. The summed E-state index contributed by atoms with van der Waals surface area (Å²) >= 11 is 11.6. The van der Waals surface area contributed by atoms with Crippen LogP contribution in [0.15, 0.2) is 59.8 Å². The Labute approximate surface area is 184 Å². The van der Waals surface area contributed by atoms with Gasteiger partial charge in [-0.2, -0.15) is 9.40 Å². The van der Waals surface area contributed by atoms with Gasteiger partial charge in [0.1, 0.15) is 17.0 Å². The second-order valence-electron chi connectivity index (χ2n) is 6.86. The van der Waals surface area contributed by atoms with Crippen LogP contribution in [0, 0.1) is 10.6 Å². The van der Waals surface area contributed by atoms with E-state index in [1.54, 1.807) is 27.7 Å². The van der Waals surface area contributed by atoms with Crippen LogP contribution in [0.4, 0.5) is 4.39 Å². The van der Waals surface area contributed by atoms with E-state index in [0.717, 1.165) is 11.8 Å². The van der Waals surface area contributed by atoms with Crippen molar-refractivity contribution in [2.45, 2.75) is 11.6 Å². The van der Waals surface area contributed by atoms with Crippen LogP contribution in [0.3, 0.4) is 0 Å². The van der Waals surface area contributed by atoms with Crippen LogP contribution < -0.4 is 0 Å². The van der Waals surface area contributed by atoms with Crippen molar-refractivity contribution in [3.05, 3.63) is 70.5 Å². The highest BCUT2D eigenvalue weighted by Gasteiger charge is 2.30. The van der Waals surface area contributed by atoms with E-state index < -0.39 is 15.8 Å². The highest BCUT2D eigenvalue weighted by molar-refractivity contribution is 7.89. The van der Waals surface area contributed by atoms with Gasteiger partial charge in [-0.15, -0.1) is 0 Å². The van der Waals surface area contributed by atoms with E-state index in [9.17, 15) is 12.8 Å². The molecule has 11 heteroatoms. The van der Waals surface area contributed by atoms with E-state index in [4.69, 9.17) is 23.8 Å². The quantitative estimate of drug-likeness (QED) is 0.539. The Balaban J connectivity index is 1.44. The van der Waals surface area contributed by atoms with Crippen molar-refractivity contribution in [3.63, 3.8) is 0 Å². The first-order valence-corrected chi connectivity index (χ1v) is 11.5. The lowest BCUT2D eigenvalue weighted by molar-refractivity contribution is 0.144. The van der Waals surface area contributed by atoms with Crippen molar-refractivity contribution in [3.8, 4) is 5.69 Å². The molecule has 1 aliphatic heterocycles. The van der Waals surface area contributed by atoms with Gasteiger partial charge in [-0.25, -0.2) is 17.5 Å². The first-order valence-electron chi connectivity index (χ1n) is 9.24. The molecule has 0 bridgehead atoms. The van der Waals surface area contributed by atoms with Gasteiger partial charge in [0.05, 0.1) is 12.4 Å². The minimum absolute atomic E-state index is 0.263. The van der Waals surface area contributed by atoms with Crippen LogP contribution in [0.25, 0.3) is 5.69 Å². The molecule has 2 aromatic carbocycles.